The minimum atomic E-state index is -0.544. The Balaban J connectivity index is 1.77. The summed E-state index contributed by atoms with van der Waals surface area (Å²) in [5.74, 6) is -1.07. The van der Waals surface area contributed by atoms with Crippen molar-refractivity contribution in [3.05, 3.63) is 98.2 Å². The molecule has 1 atom stereocenters. The largest absolute Gasteiger partial charge is 0.345 e. The Hall–Kier alpha value is -3.54. The number of halogens is 1. The molecule has 4 rings (SSSR count). The highest BCUT2D eigenvalue weighted by molar-refractivity contribution is 6.02. The van der Waals surface area contributed by atoms with Crippen molar-refractivity contribution < 1.29 is 14.0 Å². The van der Waals surface area contributed by atoms with Gasteiger partial charge in [0, 0.05) is 23.4 Å². The molecular weight excluding hydrogens is 407 g/mol. The summed E-state index contributed by atoms with van der Waals surface area (Å²) in [6, 6.07) is 12.5. The third-order valence-corrected chi connectivity index (χ3v) is 6.13. The van der Waals surface area contributed by atoms with Crippen LogP contribution in [0.5, 0.6) is 0 Å². The summed E-state index contributed by atoms with van der Waals surface area (Å²) in [5, 5.41) is 2.89. The van der Waals surface area contributed by atoms with Gasteiger partial charge in [-0.1, -0.05) is 18.2 Å². The van der Waals surface area contributed by atoms with E-state index in [1.807, 2.05) is 39.0 Å². The third kappa shape index (κ3) is 4.00. The molecule has 0 saturated carbocycles. The van der Waals surface area contributed by atoms with Crippen molar-refractivity contribution in [3.63, 3.8) is 0 Å². The number of hydrogen-bond donors (Lipinski definition) is 1. The van der Waals surface area contributed by atoms with E-state index in [1.165, 1.54) is 34.9 Å². The molecule has 6 heteroatoms. The van der Waals surface area contributed by atoms with Gasteiger partial charge >= 0.3 is 0 Å². The smallest absolute Gasteiger partial charge is 0.268 e. The summed E-state index contributed by atoms with van der Waals surface area (Å²) in [6.07, 6.45) is 1.53. The Bertz CT molecular complexity index is 1280. The van der Waals surface area contributed by atoms with E-state index in [4.69, 9.17) is 0 Å². The quantitative estimate of drug-likeness (QED) is 0.655. The molecule has 1 N–H and O–H groups in total. The van der Waals surface area contributed by atoms with E-state index >= 15 is 0 Å². The number of aryl methyl sites for hydroxylation is 2. The molecule has 0 unspecified atom stereocenters. The number of carbonyl (C=O) groups excluding carboxylic acids is 2. The summed E-state index contributed by atoms with van der Waals surface area (Å²) in [7, 11) is 0. The number of nitrogens with one attached hydrogen (secondary N) is 1. The first-order valence-electron chi connectivity index (χ1n) is 10.7. The Morgan fingerprint density at radius 2 is 1.72 bits per heavy atom. The Morgan fingerprint density at radius 1 is 1.00 bits per heavy atom. The maximum Gasteiger partial charge on any atom is 0.268 e. The lowest BCUT2D eigenvalue weighted by Gasteiger charge is -2.22. The van der Waals surface area contributed by atoms with Crippen molar-refractivity contribution in [2.45, 2.75) is 46.1 Å². The van der Waals surface area contributed by atoms with Crippen molar-refractivity contribution in [1.82, 2.24) is 9.88 Å². The van der Waals surface area contributed by atoms with E-state index in [9.17, 15) is 18.8 Å². The molecule has 0 bridgehead atoms. The number of amides is 1. The number of pyridine rings is 1. The molecule has 0 aliphatic heterocycles. The fraction of sp³-hybridized carbons (Fsp3) is 0.269. The number of carbonyl (C=O) groups is 2. The van der Waals surface area contributed by atoms with Crippen molar-refractivity contribution in [2.75, 3.05) is 0 Å². The van der Waals surface area contributed by atoms with E-state index in [2.05, 4.69) is 5.32 Å². The minimum absolute atomic E-state index is 0.0981. The van der Waals surface area contributed by atoms with Gasteiger partial charge in [-0.15, -0.1) is 0 Å². The zero-order valence-electron chi connectivity index (χ0n) is 18.4. The molecule has 1 aliphatic carbocycles. The molecule has 0 radical (unpaired) electrons. The summed E-state index contributed by atoms with van der Waals surface area (Å²) < 4.78 is 14.8. The highest BCUT2D eigenvalue weighted by Crippen LogP contribution is 2.24. The molecule has 1 amide bonds. The lowest BCUT2D eigenvalue weighted by Crippen LogP contribution is -2.37. The number of Topliss-reactive ketones (excluding diaryl/α,β-unsaturated/α-hetero) is 1. The van der Waals surface area contributed by atoms with Crippen LogP contribution in [0.25, 0.3) is 5.69 Å². The van der Waals surface area contributed by atoms with E-state index in [0.717, 1.165) is 16.7 Å². The first-order valence-corrected chi connectivity index (χ1v) is 10.7. The van der Waals surface area contributed by atoms with Crippen LogP contribution in [0.3, 0.4) is 0 Å². The van der Waals surface area contributed by atoms with Gasteiger partial charge < -0.3 is 5.32 Å². The van der Waals surface area contributed by atoms with Crippen LogP contribution in [0.4, 0.5) is 4.39 Å². The summed E-state index contributed by atoms with van der Waals surface area (Å²) in [6.45, 7) is 5.87. The lowest BCUT2D eigenvalue weighted by atomic mass is 9.92. The van der Waals surface area contributed by atoms with E-state index < -0.39 is 17.3 Å². The standard InChI is InChI=1S/C26H25FN2O3/c1-15-7-8-18(13-16(15)2)17(3)28-25(31)22-14-21-23(5-4-6-24(21)30)29(26(22)32)20-11-9-19(27)10-12-20/h7-14,17H,4-6H2,1-3H3,(H,28,31)/t17-/m0/s1. The number of hydrogen-bond acceptors (Lipinski definition) is 3. The molecule has 2 aromatic carbocycles. The van der Waals surface area contributed by atoms with Gasteiger partial charge in [0.15, 0.2) is 5.78 Å². The van der Waals surface area contributed by atoms with Crippen LogP contribution in [0.15, 0.2) is 53.3 Å². The third-order valence-electron chi connectivity index (χ3n) is 6.13. The molecule has 32 heavy (non-hydrogen) atoms. The monoisotopic (exact) mass is 432 g/mol. The Kier molecular flexibility index (Phi) is 5.78. The Labute approximate surface area is 185 Å². The molecule has 3 aromatic rings. The predicted molar refractivity (Wildman–Crippen MR) is 121 cm³/mol. The summed E-state index contributed by atoms with van der Waals surface area (Å²) in [4.78, 5) is 39.1. The number of ketones is 1. The molecule has 0 fully saturated rings. The minimum Gasteiger partial charge on any atom is -0.345 e. The van der Waals surface area contributed by atoms with Crippen molar-refractivity contribution in [3.8, 4) is 5.69 Å². The number of fused-ring (bicyclic) bond motifs is 1. The van der Waals surface area contributed by atoms with E-state index in [0.29, 0.717) is 36.2 Å². The van der Waals surface area contributed by atoms with E-state index in [-0.39, 0.29) is 17.4 Å². The van der Waals surface area contributed by atoms with Gasteiger partial charge in [-0.05, 0) is 80.6 Å². The van der Waals surface area contributed by atoms with Crippen LogP contribution in [0, 0.1) is 19.7 Å². The van der Waals surface area contributed by atoms with Crippen molar-refractivity contribution in [1.29, 1.82) is 0 Å². The predicted octanol–water partition coefficient (Wildman–Crippen LogP) is 4.60. The van der Waals surface area contributed by atoms with Crippen LogP contribution in [-0.2, 0) is 6.42 Å². The second-order valence-corrected chi connectivity index (χ2v) is 8.35. The second kappa shape index (κ2) is 8.54. The van der Waals surface area contributed by atoms with Gasteiger partial charge in [0.05, 0.1) is 6.04 Å². The number of nitrogens with zero attached hydrogens (tertiary/aromatic N) is 1. The van der Waals surface area contributed by atoms with Crippen LogP contribution in [-0.4, -0.2) is 16.3 Å². The average molecular weight is 432 g/mol. The van der Waals surface area contributed by atoms with Gasteiger partial charge in [-0.3, -0.25) is 19.0 Å². The molecule has 1 aromatic heterocycles. The number of aromatic nitrogens is 1. The second-order valence-electron chi connectivity index (χ2n) is 8.35. The highest BCUT2D eigenvalue weighted by Gasteiger charge is 2.26. The van der Waals surface area contributed by atoms with Gasteiger partial charge in [-0.25, -0.2) is 4.39 Å². The van der Waals surface area contributed by atoms with Crippen molar-refractivity contribution in [2.24, 2.45) is 0 Å². The molecule has 1 heterocycles. The van der Waals surface area contributed by atoms with Crippen LogP contribution < -0.4 is 10.9 Å². The maximum atomic E-state index is 13.5. The van der Waals surface area contributed by atoms with Gasteiger partial charge in [0.25, 0.3) is 11.5 Å². The zero-order chi connectivity index (χ0) is 23.0. The molecule has 0 spiro atoms. The topological polar surface area (TPSA) is 68.2 Å². The number of rotatable bonds is 4. The zero-order valence-corrected chi connectivity index (χ0v) is 18.4. The highest BCUT2D eigenvalue weighted by atomic mass is 19.1. The average Bonchev–Trinajstić information content (AvgIpc) is 2.76. The summed E-state index contributed by atoms with van der Waals surface area (Å²) >= 11 is 0. The first kappa shape index (κ1) is 21.7. The molecule has 164 valence electrons. The van der Waals surface area contributed by atoms with Crippen LogP contribution in [0.2, 0.25) is 0 Å². The lowest BCUT2D eigenvalue weighted by molar-refractivity contribution is 0.0938. The van der Waals surface area contributed by atoms with E-state index in [1.54, 1.807) is 0 Å². The first-order chi connectivity index (χ1) is 15.3. The van der Waals surface area contributed by atoms with Gasteiger partial charge in [0.2, 0.25) is 0 Å². The van der Waals surface area contributed by atoms with Crippen LogP contribution >= 0.6 is 0 Å². The van der Waals surface area contributed by atoms with Gasteiger partial charge in [0.1, 0.15) is 11.4 Å². The fourth-order valence-corrected chi connectivity index (χ4v) is 4.11. The molecule has 1 aliphatic rings. The fourth-order valence-electron chi connectivity index (χ4n) is 4.11. The normalized spacial score (nSPS) is 14.1. The maximum absolute atomic E-state index is 13.5. The van der Waals surface area contributed by atoms with Gasteiger partial charge in [-0.2, -0.15) is 0 Å². The summed E-state index contributed by atoms with van der Waals surface area (Å²) in [5.41, 5.74) is 3.95. The molecule has 0 saturated heterocycles. The number of benzene rings is 2. The van der Waals surface area contributed by atoms with Crippen molar-refractivity contribution >= 4 is 11.7 Å². The molecule has 5 nitrogen and oxygen atoms in total. The van der Waals surface area contributed by atoms with Crippen LogP contribution in [0.1, 0.15) is 68.9 Å². The molecular formula is C26H25FN2O3. The SMILES string of the molecule is Cc1ccc([C@H](C)NC(=O)c2cc3c(n(-c4ccc(F)cc4)c2=O)CCCC3=O)cc1C. The Morgan fingerprint density at radius 3 is 2.41 bits per heavy atom.